The average Bonchev–Trinajstić information content (AvgIpc) is 1.35. The van der Waals surface area contributed by atoms with Gasteiger partial charge in [0.25, 0.3) is 0 Å². The molecule has 0 radical (unpaired) electrons. The molecule has 0 bridgehead atoms. The van der Waals surface area contributed by atoms with E-state index in [1.165, 1.54) is 0 Å². The molecule has 0 aliphatic rings. The molecule has 0 aromatic carbocycles. The molecule has 0 heterocycles. The molecule has 0 spiro atoms. The third-order valence-corrected chi connectivity index (χ3v) is 0.264. The summed E-state index contributed by atoms with van der Waals surface area (Å²) in [5.41, 5.74) is 0. The van der Waals surface area contributed by atoms with Crippen molar-refractivity contribution in [2.45, 2.75) is 0 Å². The van der Waals surface area contributed by atoms with Gasteiger partial charge in [-0.2, -0.15) is 12.6 Å². The lowest BCUT2D eigenvalue weighted by atomic mass is 11.1. The summed E-state index contributed by atoms with van der Waals surface area (Å²) < 4.78 is 6.57. The van der Waals surface area contributed by atoms with Crippen LogP contribution in [0.4, 0.5) is 0 Å². The maximum absolute atomic E-state index is 6.57. The summed E-state index contributed by atoms with van der Waals surface area (Å²) in [6.07, 6.45) is 0. The fraction of sp³-hybridized carbons (Fsp3) is 0.333. The van der Waals surface area contributed by atoms with Crippen molar-refractivity contribution in [3.63, 3.8) is 0 Å². The quantitative estimate of drug-likeness (QED) is 0.359. The lowest BCUT2D eigenvalue weighted by Crippen LogP contribution is -1.52. The van der Waals surface area contributed by atoms with E-state index < -0.39 is 5.85 Å². The zero-order valence-corrected chi connectivity index (χ0v) is 3.57. The van der Waals surface area contributed by atoms with E-state index in [2.05, 4.69) is 30.1 Å². The van der Waals surface area contributed by atoms with Crippen molar-refractivity contribution in [3.05, 3.63) is 6.58 Å². The van der Waals surface area contributed by atoms with Crippen molar-refractivity contribution in [3.8, 4) is 0 Å². The molecule has 1 atom stereocenters. The van der Waals surface area contributed by atoms with E-state index in [1.54, 1.807) is 0 Å². The first-order valence-electron chi connectivity index (χ1n) is 1.67. The van der Waals surface area contributed by atoms with Crippen LogP contribution in [0, 0.1) is 0 Å². The predicted octanol–water partition coefficient (Wildman–Crippen LogP) is 0.729. The highest BCUT2D eigenvalue weighted by molar-refractivity contribution is 7.80. The summed E-state index contributed by atoms with van der Waals surface area (Å²) in [4.78, 5) is 3.29. The number of nitrogens with zero attached hydrogens (tertiary/aromatic N) is 1. The average molecular weight is 89.2 g/mol. The van der Waals surface area contributed by atoms with Crippen LogP contribution in [0.5, 0.6) is 0 Å². The molecular weight excluding hydrogens is 82.1 g/mol. The van der Waals surface area contributed by atoms with Crippen LogP contribution in [0.25, 0.3) is 0 Å². The minimum atomic E-state index is -0.706. The zero-order chi connectivity index (χ0) is 4.99. The third kappa shape index (κ3) is 3.80. The van der Waals surface area contributed by atoms with Crippen LogP contribution < -0.4 is 0 Å². The molecule has 2 heteroatoms. The molecule has 5 heavy (non-hydrogen) atoms. The normalized spacial score (nSPS) is 15.0. The Labute approximate surface area is 38.2 Å². The van der Waals surface area contributed by atoms with E-state index in [-0.39, 0.29) is 0 Å². The van der Waals surface area contributed by atoms with Crippen LogP contribution in [0.1, 0.15) is 1.37 Å². The van der Waals surface area contributed by atoms with Crippen molar-refractivity contribution in [2.75, 3.05) is 5.85 Å². The van der Waals surface area contributed by atoms with Gasteiger partial charge in [0.05, 0.1) is 7.22 Å². The SMILES string of the molecule is [3H]C(S)N=C=C. The number of hydrogen-bond donors (Lipinski definition) is 1. The molecule has 1 unspecified atom stereocenters. The van der Waals surface area contributed by atoms with Crippen LogP contribution in [-0.4, -0.2) is 11.7 Å². The summed E-state index contributed by atoms with van der Waals surface area (Å²) in [7, 11) is 0. The van der Waals surface area contributed by atoms with E-state index in [9.17, 15) is 0 Å². The molecule has 28 valence electrons. The van der Waals surface area contributed by atoms with Crippen molar-refractivity contribution in [2.24, 2.45) is 4.99 Å². The van der Waals surface area contributed by atoms with Crippen LogP contribution in [-0.2, 0) is 0 Å². The number of thiol groups is 1. The second kappa shape index (κ2) is 3.80. The largest absolute Gasteiger partial charge is 0.233 e. The molecule has 0 rings (SSSR count). The Hall–Kier alpha value is -0.200. The van der Waals surface area contributed by atoms with Crippen LogP contribution >= 0.6 is 12.6 Å². The van der Waals surface area contributed by atoms with Crippen molar-refractivity contribution in [1.82, 2.24) is 0 Å². The lowest BCUT2D eigenvalue weighted by molar-refractivity contribution is 1.42. The minimum absolute atomic E-state index is 0.706. The summed E-state index contributed by atoms with van der Waals surface area (Å²) in [5.74, 6) is 1.47. The fourth-order valence-electron chi connectivity index (χ4n) is 0.0408. The van der Waals surface area contributed by atoms with E-state index >= 15 is 0 Å². The van der Waals surface area contributed by atoms with Gasteiger partial charge >= 0.3 is 0 Å². The number of rotatable bonds is 1. The second-order valence-electron chi connectivity index (χ2n) is 0.403. The van der Waals surface area contributed by atoms with Gasteiger partial charge in [0, 0.05) is 0 Å². The smallest absolute Gasteiger partial charge is 0.0909 e. The number of hydrogen-bond acceptors (Lipinski definition) is 2. The van der Waals surface area contributed by atoms with Crippen molar-refractivity contribution >= 4 is 18.5 Å². The molecule has 0 aromatic heterocycles. The van der Waals surface area contributed by atoms with E-state index in [4.69, 9.17) is 1.37 Å². The molecule has 0 amide bonds. The Balaban J connectivity index is 3.29. The van der Waals surface area contributed by atoms with Crippen molar-refractivity contribution < 1.29 is 1.37 Å². The van der Waals surface area contributed by atoms with Gasteiger partial charge in [-0.15, -0.1) is 0 Å². The minimum Gasteiger partial charge on any atom is -0.233 e. The molecule has 0 aromatic rings. The third-order valence-electron chi connectivity index (χ3n) is 0.149. The Morgan fingerprint density at radius 3 is 3.00 bits per heavy atom. The van der Waals surface area contributed by atoms with Crippen LogP contribution in [0.3, 0.4) is 0 Å². The van der Waals surface area contributed by atoms with Crippen LogP contribution in [0.2, 0.25) is 0 Å². The molecule has 0 aliphatic carbocycles. The van der Waals surface area contributed by atoms with Gasteiger partial charge in [-0.05, 0) is 12.4 Å². The van der Waals surface area contributed by atoms with Gasteiger partial charge in [-0.25, -0.2) is 4.99 Å². The van der Waals surface area contributed by atoms with Gasteiger partial charge in [0.2, 0.25) is 0 Å². The fourth-order valence-corrected chi connectivity index (χ4v) is 0.122. The maximum atomic E-state index is 6.57. The van der Waals surface area contributed by atoms with Gasteiger partial charge < -0.3 is 0 Å². The van der Waals surface area contributed by atoms with Gasteiger partial charge in [-0.1, -0.05) is 0 Å². The molecular formula is C3H5NS. The van der Waals surface area contributed by atoms with Crippen LogP contribution in [0.15, 0.2) is 11.6 Å². The highest BCUT2D eigenvalue weighted by Crippen LogP contribution is 1.66. The molecule has 0 saturated heterocycles. The predicted molar refractivity (Wildman–Crippen MR) is 26.9 cm³/mol. The standard InChI is InChI=1S/C3H5NS/c1-2-4-3-5/h5H,1,3H2/i3T. The zero-order valence-electron chi connectivity index (χ0n) is 3.68. The molecule has 0 N–H and O–H groups in total. The van der Waals surface area contributed by atoms with Gasteiger partial charge in [0.1, 0.15) is 0 Å². The van der Waals surface area contributed by atoms with Gasteiger partial charge in [0.15, 0.2) is 0 Å². The molecule has 0 fully saturated rings. The summed E-state index contributed by atoms with van der Waals surface area (Å²) in [5, 5.41) is 0. The monoisotopic (exact) mass is 89.0 g/mol. The maximum Gasteiger partial charge on any atom is 0.0909 e. The Kier molecular flexibility index (Phi) is 2.29. The van der Waals surface area contributed by atoms with E-state index in [1.807, 2.05) is 0 Å². The summed E-state index contributed by atoms with van der Waals surface area (Å²) in [6.45, 7) is 3.14. The van der Waals surface area contributed by atoms with E-state index in [0.717, 1.165) is 0 Å². The van der Waals surface area contributed by atoms with Gasteiger partial charge in [-0.3, -0.25) is 0 Å². The van der Waals surface area contributed by atoms with E-state index in [0.29, 0.717) is 0 Å². The number of aliphatic imine (C=N–C) groups is 1. The Morgan fingerprint density at radius 1 is 2.40 bits per heavy atom. The summed E-state index contributed by atoms with van der Waals surface area (Å²) in [6, 6.07) is 0. The first-order chi connectivity index (χ1) is 2.77. The topological polar surface area (TPSA) is 12.4 Å². The molecule has 0 saturated carbocycles. The molecule has 0 aliphatic heterocycles. The Morgan fingerprint density at radius 2 is 3.00 bits per heavy atom. The first kappa shape index (κ1) is 3.01. The lowest BCUT2D eigenvalue weighted by Gasteiger charge is -1.61. The molecule has 1 nitrogen and oxygen atoms in total. The highest BCUT2D eigenvalue weighted by atomic mass is 32.1. The van der Waals surface area contributed by atoms with Crippen molar-refractivity contribution in [1.29, 1.82) is 0 Å². The summed E-state index contributed by atoms with van der Waals surface area (Å²) >= 11 is 3.58. The Bertz CT molecular complexity index is 74.9. The second-order valence-corrected chi connectivity index (χ2v) is 0.634. The first-order valence-corrected chi connectivity index (χ1v) is 1.61. The highest BCUT2D eigenvalue weighted by Gasteiger charge is 1.48.